The maximum absolute atomic E-state index is 12.8. The minimum absolute atomic E-state index is 0.0978. The Kier molecular flexibility index (Phi) is 4.19. The molecule has 0 spiro atoms. The van der Waals surface area contributed by atoms with Crippen LogP contribution in [0.4, 0.5) is 13.2 Å². The number of carboxylic acid groups (broad SMARTS) is 1. The highest BCUT2D eigenvalue weighted by molar-refractivity contribution is 6.17. The van der Waals surface area contributed by atoms with Crippen molar-refractivity contribution in [2.24, 2.45) is 0 Å². The van der Waals surface area contributed by atoms with Crippen LogP contribution in [0, 0.1) is 11.3 Å². The highest BCUT2D eigenvalue weighted by Gasteiger charge is 2.37. The molecule has 0 fully saturated rings. The van der Waals surface area contributed by atoms with Crippen LogP contribution < -0.4 is 0 Å². The average Bonchev–Trinajstić information content (AvgIpc) is 2.25. The smallest absolute Gasteiger partial charge is 0.417 e. The maximum atomic E-state index is 12.8. The van der Waals surface area contributed by atoms with Gasteiger partial charge >= 0.3 is 12.1 Å². The molecule has 7 heteroatoms. The Balaban J connectivity index is 3.53. The summed E-state index contributed by atoms with van der Waals surface area (Å²) in [4.78, 5) is 10.6. The lowest BCUT2D eigenvalue weighted by Gasteiger charge is -2.14. The number of aliphatic carboxylic acids is 1. The quantitative estimate of drug-likeness (QED) is 0.864. The van der Waals surface area contributed by atoms with Crippen LogP contribution in [-0.2, 0) is 23.3 Å². The van der Waals surface area contributed by atoms with Crippen LogP contribution in [0.3, 0.4) is 0 Å². The van der Waals surface area contributed by atoms with Gasteiger partial charge in [0, 0.05) is 5.88 Å². The molecule has 0 amide bonds. The normalized spacial score (nSPS) is 11.1. The van der Waals surface area contributed by atoms with Crippen LogP contribution in [0.5, 0.6) is 0 Å². The molecule has 0 unspecified atom stereocenters. The zero-order valence-corrected chi connectivity index (χ0v) is 9.64. The largest absolute Gasteiger partial charge is 0.481 e. The lowest BCUT2D eigenvalue weighted by molar-refractivity contribution is -0.139. The topological polar surface area (TPSA) is 61.1 Å². The van der Waals surface area contributed by atoms with E-state index in [0.717, 1.165) is 12.1 Å². The molecule has 1 N–H and O–H groups in total. The molecule has 0 aromatic heterocycles. The fraction of sp³-hybridized carbons (Fsp3) is 0.273. The molecule has 0 atom stereocenters. The molecular weight excluding hydrogens is 271 g/mol. The second kappa shape index (κ2) is 5.27. The molecular formula is C11H7ClF3NO2. The fourth-order valence-electron chi connectivity index (χ4n) is 1.57. The fourth-order valence-corrected chi connectivity index (χ4v) is 1.72. The predicted octanol–water partition coefficient (Wildman–Crippen LogP) is 2.94. The van der Waals surface area contributed by atoms with E-state index in [1.807, 2.05) is 0 Å². The maximum Gasteiger partial charge on any atom is 0.417 e. The van der Waals surface area contributed by atoms with E-state index in [-0.39, 0.29) is 11.4 Å². The molecule has 18 heavy (non-hydrogen) atoms. The van der Waals surface area contributed by atoms with E-state index in [2.05, 4.69) is 0 Å². The van der Waals surface area contributed by atoms with E-state index in [1.165, 1.54) is 6.07 Å². The van der Waals surface area contributed by atoms with Crippen molar-refractivity contribution in [3.63, 3.8) is 0 Å². The first kappa shape index (κ1) is 14.3. The van der Waals surface area contributed by atoms with Crippen molar-refractivity contribution in [3.05, 3.63) is 34.4 Å². The van der Waals surface area contributed by atoms with E-state index in [1.54, 1.807) is 0 Å². The molecule has 0 radical (unpaired) electrons. The Bertz CT molecular complexity index is 520. The van der Waals surface area contributed by atoms with Gasteiger partial charge in [-0.05, 0) is 17.2 Å². The first-order chi connectivity index (χ1) is 8.29. The van der Waals surface area contributed by atoms with Crippen molar-refractivity contribution >= 4 is 17.6 Å². The van der Waals surface area contributed by atoms with Crippen LogP contribution in [0.15, 0.2) is 12.1 Å². The van der Waals surface area contributed by atoms with Crippen molar-refractivity contribution in [3.8, 4) is 6.07 Å². The van der Waals surface area contributed by atoms with E-state index < -0.39 is 35.3 Å². The van der Waals surface area contributed by atoms with Crippen LogP contribution in [-0.4, -0.2) is 11.1 Å². The number of nitriles is 1. The molecule has 0 aliphatic heterocycles. The van der Waals surface area contributed by atoms with Crippen molar-refractivity contribution < 1.29 is 23.1 Å². The first-order valence-corrected chi connectivity index (χ1v) is 5.24. The van der Waals surface area contributed by atoms with Crippen LogP contribution in [0.2, 0.25) is 0 Å². The summed E-state index contributed by atoms with van der Waals surface area (Å²) in [6.07, 6.45) is -5.59. The van der Waals surface area contributed by atoms with E-state index in [4.69, 9.17) is 22.0 Å². The summed E-state index contributed by atoms with van der Waals surface area (Å²) in [5.74, 6) is -1.50. The molecule has 1 rings (SSSR count). The molecule has 0 aliphatic rings. The van der Waals surface area contributed by atoms with Gasteiger partial charge in [0.2, 0.25) is 0 Å². The van der Waals surface area contributed by atoms with Crippen molar-refractivity contribution in [1.82, 2.24) is 0 Å². The third-order valence-electron chi connectivity index (χ3n) is 2.18. The Morgan fingerprint density at radius 1 is 1.44 bits per heavy atom. The van der Waals surface area contributed by atoms with Gasteiger partial charge in [-0.2, -0.15) is 18.4 Å². The number of nitrogens with zero attached hydrogens (tertiary/aromatic N) is 1. The Hall–Kier alpha value is -1.74. The van der Waals surface area contributed by atoms with E-state index in [0.29, 0.717) is 0 Å². The minimum Gasteiger partial charge on any atom is -0.481 e. The molecule has 0 saturated carbocycles. The number of hydrogen-bond donors (Lipinski definition) is 1. The third-order valence-corrected chi connectivity index (χ3v) is 2.49. The SMILES string of the molecule is N#Cc1cc(CCl)cc(CC(=O)O)c1C(F)(F)F. The second-order valence-corrected chi connectivity index (χ2v) is 3.76. The summed E-state index contributed by atoms with van der Waals surface area (Å²) in [5, 5.41) is 17.3. The number of hydrogen-bond acceptors (Lipinski definition) is 2. The summed E-state index contributed by atoms with van der Waals surface area (Å²) in [6, 6.07) is 3.49. The Morgan fingerprint density at radius 2 is 2.06 bits per heavy atom. The second-order valence-electron chi connectivity index (χ2n) is 3.49. The molecule has 96 valence electrons. The van der Waals surface area contributed by atoms with E-state index >= 15 is 0 Å². The third kappa shape index (κ3) is 3.14. The van der Waals surface area contributed by atoms with Gasteiger partial charge in [0.1, 0.15) is 0 Å². The van der Waals surface area contributed by atoms with Crippen LogP contribution in [0.25, 0.3) is 0 Å². The zero-order chi connectivity index (χ0) is 13.9. The average molecular weight is 278 g/mol. The summed E-state index contributed by atoms with van der Waals surface area (Å²) in [5.41, 5.74) is -2.00. The van der Waals surface area contributed by atoms with Gasteiger partial charge in [-0.1, -0.05) is 6.07 Å². The molecule has 0 heterocycles. The number of halogens is 4. The Morgan fingerprint density at radius 3 is 2.44 bits per heavy atom. The zero-order valence-electron chi connectivity index (χ0n) is 8.88. The molecule has 0 bridgehead atoms. The number of rotatable bonds is 3. The lowest BCUT2D eigenvalue weighted by Crippen LogP contribution is -2.15. The van der Waals surface area contributed by atoms with Gasteiger partial charge in [-0.3, -0.25) is 4.79 Å². The van der Waals surface area contributed by atoms with Crippen molar-refractivity contribution in [2.45, 2.75) is 18.5 Å². The van der Waals surface area contributed by atoms with Gasteiger partial charge in [0.15, 0.2) is 0 Å². The number of carbonyl (C=O) groups is 1. The molecule has 1 aromatic carbocycles. The number of benzene rings is 1. The molecule has 3 nitrogen and oxygen atoms in total. The van der Waals surface area contributed by atoms with Gasteiger partial charge in [-0.25, -0.2) is 0 Å². The van der Waals surface area contributed by atoms with Gasteiger partial charge in [0.05, 0.1) is 23.6 Å². The summed E-state index contributed by atoms with van der Waals surface area (Å²) >= 11 is 5.49. The minimum atomic E-state index is -4.78. The summed E-state index contributed by atoms with van der Waals surface area (Å²) < 4.78 is 38.4. The predicted molar refractivity (Wildman–Crippen MR) is 57.1 cm³/mol. The highest BCUT2D eigenvalue weighted by Crippen LogP contribution is 2.35. The van der Waals surface area contributed by atoms with Gasteiger partial charge < -0.3 is 5.11 Å². The number of alkyl halides is 4. The lowest BCUT2D eigenvalue weighted by atomic mass is 9.96. The van der Waals surface area contributed by atoms with Gasteiger partial charge in [0.25, 0.3) is 0 Å². The standard InChI is InChI=1S/C11H7ClF3NO2/c12-4-6-1-7(3-9(17)18)10(11(13,14)15)8(2-6)5-16/h1-2H,3-4H2,(H,17,18). The monoisotopic (exact) mass is 277 g/mol. The molecule has 1 aromatic rings. The Labute approximate surface area is 105 Å². The van der Waals surface area contributed by atoms with Gasteiger partial charge in [-0.15, -0.1) is 11.6 Å². The van der Waals surface area contributed by atoms with Crippen LogP contribution >= 0.6 is 11.6 Å². The van der Waals surface area contributed by atoms with E-state index in [9.17, 15) is 18.0 Å². The van der Waals surface area contributed by atoms with Crippen molar-refractivity contribution in [1.29, 1.82) is 5.26 Å². The highest BCUT2D eigenvalue weighted by atomic mass is 35.5. The molecule has 0 saturated heterocycles. The number of carboxylic acids is 1. The van der Waals surface area contributed by atoms with Crippen LogP contribution in [0.1, 0.15) is 22.3 Å². The van der Waals surface area contributed by atoms with Crippen molar-refractivity contribution in [2.75, 3.05) is 0 Å². The summed E-state index contributed by atoms with van der Waals surface area (Å²) in [7, 11) is 0. The first-order valence-electron chi connectivity index (χ1n) is 4.70. The summed E-state index contributed by atoms with van der Waals surface area (Å²) in [6.45, 7) is 0. The molecule has 0 aliphatic carbocycles.